The molecule has 0 radical (unpaired) electrons. The highest BCUT2D eigenvalue weighted by Gasteiger charge is 1.99. The molecule has 0 spiro atoms. The third kappa shape index (κ3) is 2.64. The maximum Gasteiger partial charge on any atom is 0.235 e. The van der Waals surface area contributed by atoms with E-state index in [9.17, 15) is 4.79 Å². The van der Waals surface area contributed by atoms with Crippen LogP contribution < -0.4 is 0 Å². The first-order valence-electron chi connectivity index (χ1n) is 3.79. The monoisotopic (exact) mass is 162 g/mol. The summed E-state index contributed by atoms with van der Waals surface area (Å²) >= 11 is 0. The summed E-state index contributed by atoms with van der Waals surface area (Å²) in [4.78, 5) is 17.4. The molecule has 1 aromatic heterocycles. The Hall–Kier alpha value is -1.47. The van der Waals surface area contributed by atoms with Crippen molar-refractivity contribution >= 4 is 6.08 Å². The van der Waals surface area contributed by atoms with Crippen molar-refractivity contribution in [2.45, 2.75) is 19.4 Å². The molecule has 3 nitrogen and oxygen atoms in total. The van der Waals surface area contributed by atoms with Crippen molar-refractivity contribution in [3.63, 3.8) is 0 Å². The van der Waals surface area contributed by atoms with Gasteiger partial charge in [0, 0.05) is 12.4 Å². The molecule has 0 fully saturated rings. The van der Waals surface area contributed by atoms with E-state index in [1.54, 1.807) is 18.5 Å². The molecule has 0 aliphatic carbocycles. The van der Waals surface area contributed by atoms with Crippen LogP contribution in [0.3, 0.4) is 0 Å². The van der Waals surface area contributed by atoms with Gasteiger partial charge in [-0.3, -0.25) is 4.98 Å². The molecule has 3 heteroatoms. The van der Waals surface area contributed by atoms with Crippen LogP contribution in [0.15, 0.2) is 29.5 Å². The van der Waals surface area contributed by atoms with Gasteiger partial charge in [0.25, 0.3) is 0 Å². The molecule has 1 heterocycles. The number of isocyanates is 1. The summed E-state index contributed by atoms with van der Waals surface area (Å²) in [5.41, 5.74) is 1.09. The van der Waals surface area contributed by atoms with Gasteiger partial charge in [-0.25, -0.2) is 9.79 Å². The Kier molecular flexibility index (Phi) is 3.17. The first kappa shape index (κ1) is 8.62. The van der Waals surface area contributed by atoms with Gasteiger partial charge in [0.2, 0.25) is 6.08 Å². The molecular weight excluding hydrogens is 152 g/mol. The first-order chi connectivity index (χ1) is 5.83. The van der Waals surface area contributed by atoms with Crippen LogP contribution in [0.1, 0.15) is 12.5 Å². The van der Waals surface area contributed by atoms with Gasteiger partial charge in [0.05, 0.1) is 6.04 Å². The lowest BCUT2D eigenvalue weighted by atomic mass is 10.1. The molecule has 1 aromatic rings. The van der Waals surface area contributed by atoms with E-state index in [0.717, 1.165) is 12.0 Å². The van der Waals surface area contributed by atoms with Gasteiger partial charge in [-0.05, 0) is 25.0 Å². The average Bonchev–Trinajstić information content (AvgIpc) is 2.06. The number of hydrogen-bond donors (Lipinski definition) is 0. The zero-order valence-corrected chi connectivity index (χ0v) is 6.90. The fraction of sp³-hybridized carbons (Fsp3) is 0.333. The summed E-state index contributed by atoms with van der Waals surface area (Å²) < 4.78 is 0. The number of hydrogen-bond acceptors (Lipinski definition) is 3. The van der Waals surface area contributed by atoms with Crippen molar-refractivity contribution in [1.82, 2.24) is 4.98 Å². The second kappa shape index (κ2) is 4.42. The minimum absolute atomic E-state index is 0.00769. The average molecular weight is 162 g/mol. The number of pyridine rings is 1. The van der Waals surface area contributed by atoms with Crippen molar-refractivity contribution < 1.29 is 4.79 Å². The summed E-state index contributed by atoms with van der Waals surface area (Å²) in [6.07, 6.45) is 5.78. The molecule has 0 saturated heterocycles. The van der Waals surface area contributed by atoms with E-state index in [4.69, 9.17) is 0 Å². The second-order valence-corrected chi connectivity index (χ2v) is 2.63. The summed E-state index contributed by atoms with van der Waals surface area (Å²) in [5, 5.41) is 0. The quantitative estimate of drug-likeness (QED) is 0.497. The van der Waals surface area contributed by atoms with Crippen molar-refractivity contribution in [2.24, 2.45) is 4.99 Å². The van der Waals surface area contributed by atoms with Crippen LogP contribution in [0.5, 0.6) is 0 Å². The van der Waals surface area contributed by atoms with Crippen molar-refractivity contribution in [3.8, 4) is 0 Å². The lowest BCUT2D eigenvalue weighted by Crippen LogP contribution is -2.02. The minimum Gasteiger partial charge on any atom is -0.264 e. The van der Waals surface area contributed by atoms with E-state index in [2.05, 4.69) is 9.98 Å². The Morgan fingerprint density at radius 3 is 3.17 bits per heavy atom. The van der Waals surface area contributed by atoms with Crippen LogP contribution in [0.4, 0.5) is 0 Å². The van der Waals surface area contributed by atoms with Gasteiger partial charge in [-0.1, -0.05) is 6.07 Å². The van der Waals surface area contributed by atoms with E-state index in [1.165, 1.54) is 0 Å². The number of nitrogens with zero attached hydrogens (tertiary/aromatic N) is 2. The van der Waals surface area contributed by atoms with Gasteiger partial charge < -0.3 is 0 Å². The Bertz CT molecular complexity index is 278. The molecule has 1 rings (SSSR count). The first-order valence-corrected chi connectivity index (χ1v) is 3.79. The summed E-state index contributed by atoms with van der Waals surface area (Å²) in [5.74, 6) is 0. The third-order valence-electron chi connectivity index (χ3n) is 1.53. The van der Waals surface area contributed by atoms with Gasteiger partial charge in [0.1, 0.15) is 0 Å². The van der Waals surface area contributed by atoms with Gasteiger partial charge in [-0.2, -0.15) is 0 Å². The third-order valence-corrected chi connectivity index (χ3v) is 1.53. The number of aromatic nitrogens is 1. The van der Waals surface area contributed by atoms with Crippen molar-refractivity contribution in [1.29, 1.82) is 0 Å². The van der Waals surface area contributed by atoms with Gasteiger partial charge in [-0.15, -0.1) is 0 Å². The van der Waals surface area contributed by atoms with E-state index in [0.29, 0.717) is 0 Å². The van der Waals surface area contributed by atoms with E-state index < -0.39 is 0 Å². The standard InChI is InChI=1S/C9H10N2O/c1-8(11-7-12)5-9-3-2-4-10-6-9/h2-4,6,8H,5H2,1H3. The fourth-order valence-corrected chi connectivity index (χ4v) is 0.996. The SMILES string of the molecule is CC(Cc1cccnc1)N=C=O. The number of aliphatic imine (C=N–C) groups is 1. The number of rotatable bonds is 3. The smallest absolute Gasteiger partial charge is 0.235 e. The Morgan fingerprint density at radius 1 is 1.75 bits per heavy atom. The normalized spacial score (nSPS) is 11.8. The summed E-state index contributed by atoms with van der Waals surface area (Å²) in [6.45, 7) is 1.87. The predicted octanol–water partition coefficient (Wildman–Crippen LogP) is 1.35. The lowest BCUT2D eigenvalue weighted by molar-refractivity contribution is 0.558. The molecule has 0 aliphatic heterocycles. The highest BCUT2D eigenvalue weighted by atomic mass is 16.1. The van der Waals surface area contributed by atoms with E-state index in [1.807, 2.05) is 19.1 Å². The molecule has 0 bridgehead atoms. The Balaban J connectivity index is 2.58. The zero-order valence-electron chi connectivity index (χ0n) is 6.90. The van der Waals surface area contributed by atoms with E-state index >= 15 is 0 Å². The molecular formula is C9H10N2O. The summed E-state index contributed by atoms with van der Waals surface area (Å²) in [7, 11) is 0. The highest BCUT2D eigenvalue weighted by Crippen LogP contribution is 2.02. The highest BCUT2D eigenvalue weighted by molar-refractivity contribution is 5.33. The molecule has 0 amide bonds. The van der Waals surface area contributed by atoms with Crippen LogP contribution in [0.2, 0.25) is 0 Å². The molecule has 62 valence electrons. The molecule has 0 saturated carbocycles. The maximum atomic E-state index is 9.90. The van der Waals surface area contributed by atoms with Crippen LogP contribution in [0, 0.1) is 0 Å². The van der Waals surface area contributed by atoms with Gasteiger partial charge in [0.15, 0.2) is 0 Å². The Morgan fingerprint density at radius 2 is 2.58 bits per heavy atom. The Labute approximate surface area is 71.2 Å². The predicted molar refractivity (Wildman–Crippen MR) is 45.5 cm³/mol. The van der Waals surface area contributed by atoms with Crippen molar-refractivity contribution in [3.05, 3.63) is 30.1 Å². The van der Waals surface area contributed by atoms with Crippen molar-refractivity contribution in [2.75, 3.05) is 0 Å². The van der Waals surface area contributed by atoms with Crippen LogP contribution in [0.25, 0.3) is 0 Å². The summed E-state index contributed by atoms with van der Waals surface area (Å²) in [6, 6.07) is 3.82. The topological polar surface area (TPSA) is 42.3 Å². The van der Waals surface area contributed by atoms with Crippen LogP contribution in [-0.4, -0.2) is 17.1 Å². The van der Waals surface area contributed by atoms with Crippen LogP contribution >= 0.6 is 0 Å². The lowest BCUT2D eigenvalue weighted by Gasteiger charge is -2.01. The fourth-order valence-electron chi connectivity index (χ4n) is 0.996. The zero-order chi connectivity index (χ0) is 8.81. The van der Waals surface area contributed by atoms with Crippen LogP contribution in [-0.2, 0) is 11.2 Å². The molecule has 0 aromatic carbocycles. The largest absolute Gasteiger partial charge is 0.264 e. The molecule has 0 N–H and O–H groups in total. The number of carbonyl (C=O) groups excluding carboxylic acids is 1. The maximum absolute atomic E-state index is 9.90. The molecule has 12 heavy (non-hydrogen) atoms. The van der Waals surface area contributed by atoms with Gasteiger partial charge >= 0.3 is 0 Å². The molecule has 0 aliphatic rings. The molecule has 1 atom stereocenters. The van der Waals surface area contributed by atoms with E-state index in [-0.39, 0.29) is 6.04 Å². The second-order valence-electron chi connectivity index (χ2n) is 2.63. The minimum atomic E-state index is -0.00769. The molecule has 1 unspecified atom stereocenters.